The van der Waals surface area contributed by atoms with E-state index in [4.69, 9.17) is 5.73 Å². The van der Waals surface area contributed by atoms with Crippen molar-refractivity contribution < 1.29 is 0 Å². The highest BCUT2D eigenvalue weighted by molar-refractivity contribution is 7.98. The molecule has 0 aliphatic heterocycles. The highest BCUT2D eigenvalue weighted by Gasteiger charge is 2.44. The van der Waals surface area contributed by atoms with E-state index in [0.717, 1.165) is 17.0 Å². The lowest BCUT2D eigenvalue weighted by atomic mass is 9.66. The number of anilines is 1. The summed E-state index contributed by atoms with van der Waals surface area (Å²) in [4.78, 5) is 8.54. The molecule has 1 unspecified atom stereocenters. The molecule has 0 bridgehead atoms. The molecule has 0 saturated heterocycles. The van der Waals surface area contributed by atoms with Crippen molar-refractivity contribution in [3.8, 4) is 5.95 Å². The second-order valence-corrected chi connectivity index (χ2v) is 7.04. The number of nitrogens with two attached hydrogens (primary N) is 1. The van der Waals surface area contributed by atoms with Gasteiger partial charge in [0, 0.05) is 12.4 Å². The van der Waals surface area contributed by atoms with Gasteiger partial charge in [-0.1, -0.05) is 12.5 Å². The van der Waals surface area contributed by atoms with Crippen molar-refractivity contribution in [1.82, 2.24) is 19.7 Å². The molecule has 2 aliphatic rings. The molecule has 4 rings (SSSR count). The highest BCUT2D eigenvalue weighted by atomic mass is 32.2. The van der Waals surface area contributed by atoms with Gasteiger partial charge in [-0.2, -0.15) is 9.78 Å². The van der Waals surface area contributed by atoms with E-state index in [-0.39, 0.29) is 0 Å². The van der Waals surface area contributed by atoms with Gasteiger partial charge in [0.2, 0.25) is 0 Å². The van der Waals surface area contributed by atoms with E-state index in [1.807, 2.05) is 6.26 Å². The Morgan fingerprint density at radius 3 is 2.55 bits per heavy atom. The molecule has 0 aromatic carbocycles. The van der Waals surface area contributed by atoms with Crippen LogP contribution in [0.4, 0.5) is 5.82 Å². The predicted molar refractivity (Wildman–Crippen MR) is 88.8 cm³/mol. The third-order valence-corrected chi connectivity index (χ3v) is 5.74. The number of fused-ring (bicyclic) bond motifs is 1. The predicted octanol–water partition coefficient (Wildman–Crippen LogP) is 3.31. The summed E-state index contributed by atoms with van der Waals surface area (Å²) in [7, 11) is 0. The zero-order valence-electron chi connectivity index (χ0n) is 12.8. The van der Waals surface area contributed by atoms with Crippen molar-refractivity contribution in [2.45, 2.75) is 37.6 Å². The monoisotopic (exact) mass is 313 g/mol. The van der Waals surface area contributed by atoms with E-state index in [1.165, 1.54) is 24.8 Å². The van der Waals surface area contributed by atoms with Crippen LogP contribution in [0, 0.1) is 5.41 Å². The van der Waals surface area contributed by atoms with Gasteiger partial charge in [-0.05, 0) is 49.0 Å². The lowest BCUT2D eigenvalue weighted by Crippen LogP contribution is -2.25. The van der Waals surface area contributed by atoms with Crippen molar-refractivity contribution in [2.24, 2.45) is 5.41 Å². The lowest BCUT2D eigenvalue weighted by molar-refractivity contribution is 0.275. The number of rotatable bonds is 3. The summed E-state index contributed by atoms with van der Waals surface area (Å²) in [5.41, 5.74) is 11.0. The zero-order chi connectivity index (χ0) is 15.3. The molecule has 6 heteroatoms. The Bertz CT molecular complexity index is 764. The van der Waals surface area contributed by atoms with Gasteiger partial charge in [0.25, 0.3) is 5.95 Å². The van der Waals surface area contributed by atoms with Crippen molar-refractivity contribution in [2.75, 3.05) is 12.0 Å². The number of hydrogen-bond donors (Lipinski definition) is 1. The topological polar surface area (TPSA) is 69.6 Å². The van der Waals surface area contributed by atoms with E-state index in [2.05, 4.69) is 22.0 Å². The van der Waals surface area contributed by atoms with Crippen LogP contribution in [0.1, 0.15) is 38.2 Å². The Labute approximate surface area is 134 Å². The third-order valence-electron chi connectivity index (χ3n) is 5.07. The standard InChI is InChI=1S/C16H19N5S/c1-16-6-4-10(11(16)5-7-16)12-13(17)21(20-14(12)22-2)15-18-8-3-9-19-15/h3,8-9H,4-7,17H2,1-2H3. The van der Waals surface area contributed by atoms with E-state index in [9.17, 15) is 0 Å². The summed E-state index contributed by atoms with van der Waals surface area (Å²) in [5.74, 6) is 1.19. The average molecular weight is 313 g/mol. The first kappa shape index (κ1) is 13.8. The second-order valence-electron chi connectivity index (χ2n) is 6.25. The Morgan fingerprint density at radius 1 is 1.23 bits per heavy atom. The van der Waals surface area contributed by atoms with Crippen LogP contribution in [0.3, 0.4) is 0 Å². The second kappa shape index (κ2) is 4.84. The molecular weight excluding hydrogens is 294 g/mol. The van der Waals surface area contributed by atoms with E-state index in [0.29, 0.717) is 17.2 Å². The maximum atomic E-state index is 6.44. The number of nitrogen functional groups attached to an aromatic ring is 1. The van der Waals surface area contributed by atoms with Crippen molar-refractivity contribution in [1.29, 1.82) is 0 Å². The SMILES string of the molecule is CSc1nn(-c2ncccn2)c(N)c1C1=C2CCC2(C)CC1. The summed E-state index contributed by atoms with van der Waals surface area (Å²) in [6.45, 7) is 2.37. The Hall–Kier alpha value is -1.82. The number of hydrogen-bond acceptors (Lipinski definition) is 5. The maximum absolute atomic E-state index is 6.44. The quantitative estimate of drug-likeness (QED) is 0.880. The van der Waals surface area contributed by atoms with Crippen LogP contribution in [-0.4, -0.2) is 26.0 Å². The van der Waals surface area contributed by atoms with Crippen LogP contribution in [0.15, 0.2) is 29.1 Å². The van der Waals surface area contributed by atoms with Gasteiger partial charge in [0.05, 0.1) is 5.56 Å². The Morgan fingerprint density at radius 2 is 1.95 bits per heavy atom. The summed E-state index contributed by atoms with van der Waals surface area (Å²) in [5, 5.41) is 5.62. The summed E-state index contributed by atoms with van der Waals surface area (Å²) in [6.07, 6.45) is 10.3. The van der Waals surface area contributed by atoms with Crippen LogP contribution >= 0.6 is 11.8 Å². The molecule has 114 valence electrons. The first-order chi connectivity index (χ1) is 10.6. The smallest absolute Gasteiger partial charge is 0.252 e. The molecule has 0 radical (unpaired) electrons. The molecule has 2 aromatic rings. The van der Waals surface area contributed by atoms with E-state index >= 15 is 0 Å². The van der Waals surface area contributed by atoms with Crippen molar-refractivity contribution in [3.05, 3.63) is 29.6 Å². The van der Waals surface area contributed by atoms with Gasteiger partial charge in [0.1, 0.15) is 10.8 Å². The molecular formula is C16H19N5S. The third kappa shape index (κ3) is 1.83. The minimum Gasteiger partial charge on any atom is -0.383 e. The van der Waals surface area contributed by atoms with Gasteiger partial charge in [-0.3, -0.25) is 0 Å². The minimum atomic E-state index is 0.406. The molecule has 1 atom stereocenters. The summed E-state index contributed by atoms with van der Waals surface area (Å²) >= 11 is 1.64. The molecule has 0 amide bonds. The van der Waals surface area contributed by atoms with Crippen molar-refractivity contribution in [3.63, 3.8) is 0 Å². The highest BCUT2D eigenvalue weighted by Crippen LogP contribution is 2.59. The molecule has 2 heterocycles. The fraction of sp³-hybridized carbons (Fsp3) is 0.438. The van der Waals surface area contributed by atoms with E-state index in [1.54, 1.807) is 40.5 Å². The van der Waals surface area contributed by atoms with Crippen LogP contribution in [0.25, 0.3) is 11.5 Å². The molecule has 22 heavy (non-hydrogen) atoms. The maximum Gasteiger partial charge on any atom is 0.252 e. The molecule has 1 fully saturated rings. The molecule has 2 aromatic heterocycles. The molecule has 1 saturated carbocycles. The first-order valence-electron chi connectivity index (χ1n) is 7.57. The van der Waals surface area contributed by atoms with Gasteiger partial charge in [0.15, 0.2) is 0 Å². The van der Waals surface area contributed by atoms with Crippen LogP contribution in [0.5, 0.6) is 0 Å². The largest absolute Gasteiger partial charge is 0.383 e. The van der Waals surface area contributed by atoms with Crippen LogP contribution in [-0.2, 0) is 0 Å². The molecule has 2 N–H and O–H groups in total. The van der Waals surface area contributed by atoms with E-state index < -0.39 is 0 Å². The summed E-state index contributed by atoms with van der Waals surface area (Å²) in [6, 6.07) is 1.79. The summed E-state index contributed by atoms with van der Waals surface area (Å²) < 4.78 is 1.67. The van der Waals surface area contributed by atoms with Gasteiger partial charge in [-0.15, -0.1) is 11.8 Å². The lowest BCUT2D eigenvalue weighted by Gasteiger charge is -2.38. The fourth-order valence-corrected chi connectivity index (χ4v) is 4.28. The average Bonchev–Trinajstić information content (AvgIpc) is 2.97. The normalized spacial score (nSPS) is 23.5. The Kier molecular flexibility index (Phi) is 3.04. The number of aromatic nitrogens is 4. The van der Waals surface area contributed by atoms with Crippen molar-refractivity contribution >= 4 is 23.2 Å². The minimum absolute atomic E-state index is 0.406. The van der Waals surface area contributed by atoms with Gasteiger partial charge >= 0.3 is 0 Å². The fourth-order valence-electron chi connectivity index (χ4n) is 3.69. The molecule has 0 spiro atoms. The van der Waals surface area contributed by atoms with Gasteiger partial charge < -0.3 is 5.73 Å². The number of nitrogens with zero attached hydrogens (tertiary/aromatic N) is 4. The number of thioether (sulfide) groups is 1. The van der Waals surface area contributed by atoms with Crippen LogP contribution < -0.4 is 5.73 Å². The molecule has 2 aliphatic carbocycles. The zero-order valence-corrected chi connectivity index (χ0v) is 13.7. The van der Waals surface area contributed by atoms with Gasteiger partial charge in [-0.25, -0.2) is 9.97 Å². The Balaban J connectivity index is 1.88. The van der Waals surface area contributed by atoms with Crippen LogP contribution in [0.2, 0.25) is 0 Å². The number of allylic oxidation sites excluding steroid dienone is 2. The first-order valence-corrected chi connectivity index (χ1v) is 8.79. The molecule has 5 nitrogen and oxygen atoms in total.